The van der Waals surface area contributed by atoms with Crippen molar-refractivity contribution < 1.29 is 9.53 Å². The maximum absolute atomic E-state index is 12.3. The Bertz CT molecular complexity index is 1440. The van der Waals surface area contributed by atoms with Gasteiger partial charge in [0, 0.05) is 34.6 Å². The van der Waals surface area contributed by atoms with Crippen LogP contribution in [0.1, 0.15) is 21.8 Å². The van der Waals surface area contributed by atoms with Crippen LogP contribution < -0.4 is 16.4 Å². The Kier molecular flexibility index (Phi) is 7.62. The largest absolute Gasteiger partial charge is 0.444 e. The number of anilines is 3. The number of carbonyl (C=O) groups excluding carboxylic acids is 1. The van der Waals surface area contributed by atoms with Gasteiger partial charge in [-0.15, -0.1) is 11.3 Å². The lowest BCUT2D eigenvalue weighted by molar-refractivity contribution is 0.155. The molecule has 2 aromatic carbocycles. The van der Waals surface area contributed by atoms with Gasteiger partial charge in [0.1, 0.15) is 6.61 Å². The molecular weight excluding hydrogens is 496 g/mol. The van der Waals surface area contributed by atoms with Crippen molar-refractivity contribution in [2.45, 2.75) is 13.5 Å². The summed E-state index contributed by atoms with van der Waals surface area (Å²) in [5, 5.41) is 16.6. The zero-order valence-electron chi connectivity index (χ0n) is 19.3. The van der Waals surface area contributed by atoms with E-state index in [1.165, 1.54) is 17.6 Å². The van der Waals surface area contributed by atoms with Gasteiger partial charge < -0.3 is 21.2 Å². The summed E-state index contributed by atoms with van der Waals surface area (Å²) in [4.78, 5) is 21.0. The third kappa shape index (κ3) is 5.88. The van der Waals surface area contributed by atoms with Crippen LogP contribution in [0.4, 0.5) is 21.9 Å². The summed E-state index contributed by atoms with van der Waals surface area (Å²) in [5.74, 6) is 0. The second-order valence-corrected chi connectivity index (χ2v) is 9.20. The van der Waals surface area contributed by atoms with Gasteiger partial charge in [0.15, 0.2) is 5.15 Å². The lowest BCUT2D eigenvalue weighted by atomic mass is 10.0. The van der Waals surface area contributed by atoms with Crippen molar-refractivity contribution in [2.24, 2.45) is 0 Å². The van der Waals surface area contributed by atoms with Crippen LogP contribution in [-0.4, -0.2) is 22.3 Å². The predicted molar refractivity (Wildman–Crippen MR) is 147 cm³/mol. The van der Waals surface area contributed by atoms with Gasteiger partial charge in [-0.2, -0.15) is 0 Å². The summed E-state index contributed by atoms with van der Waals surface area (Å²) < 4.78 is 5.28. The molecule has 1 amide bonds. The molecule has 0 aliphatic rings. The molecule has 0 aliphatic heterocycles. The van der Waals surface area contributed by atoms with Crippen LogP contribution in [0.5, 0.6) is 0 Å². The van der Waals surface area contributed by atoms with Gasteiger partial charge in [0.2, 0.25) is 0 Å². The highest BCUT2D eigenvalue weighted by molar-refractivity contribution is 7.09. The maximum Gasteiger partial charge on any atom is 0.412 e. The molecule has 0 fully saturated rings. The first-order chi connectivity index (χ1) is 17.3. The fourth-order valence-corrected chi connectivity index (χ4v) is 4.18. The topological polar surface area (TPSA) is 126 Å². The average molecular weight is 519 g/mol. The monoisotopic (exact) mass is 518 g/mol. The number of aromatic nitrogens is 2. The van der Waals surface area contributed by atoms with Crippen molar-refractivity contribution in [3.8, 4) is 11.1 Å². The number of carbonyl (C=O) groups is 1. The Labute approximate surface area is 217 Å². The summed E-state index contributed by atoms with van der Waals surface area (Å²) in [6.45, 7) is 6.10. The smallest absolute Gasteiger partial charge is 0.412 e. The molecule has 0 spiro atoms. The lowest BCUT2D eigenvalue weighted by Crippen LogP contribution is -2.14. The number of thiazole rings is 1. The van der Waals surface area contributed by atoms with Crippen molar-refractivity contribution in [3.05, 3.63) is 93.7 Å². The zero-order chi connectivity index (χ0) is 25.7. The Morgan fingerprint density at radius 2 is 1.94 bits per heavy atom. The SMILES string of the molecule is C=C(Nc1cc(-c2cnc(Cl)c(NC(=O)OCc3ccccc3)c2)cc(N)c1C=N)c1csc(C)n1. The molecule has 0 saturated heterocycles. The summed E-state index contributed by atoms with van der Waals surface area (Å²) in [6.07, 6.45) is 2.09. The molecule has 8 nitrogen and oxygen atoms in total. The van der Waals surface area contributed by atoms with Crippen molar-refractivity contribution in [3.63, 3.8) is 0 Å². The van der Waals surface area contributed by atoms with Gasteiger partial charge in [0.25, 0.3) is 0 Å². The standard InChI is InChI=1S/C26H23ClN6O2S/c1-15(24-14-36-16(2)32-24)31-22-9-18(8-21(29)20(22)11-28)19-10-23(25(27)30-12-19)33-26(34)35-13-17-6-4-3-5-7-17/h3-12,14,28,31H,1,13,29H2,2H3,(H,33,34). The Hall–Kier alpha value is -4.21. The molecule has 0 bridgehead atoms. The van der Waals surface area contributed by atoms with Crippen LogP contribution in [-0.2, 0) is 11.3 Å². The first-order valence-corrected chi connectivity index (χ1v) is 12.1. The highest BCUT2D eigenvalue weighted by atomic mass is 35.5. The van der Waals surface area contributed by atoms with Gasteiger partial charge in [0.05, 0.1) is 27.8 Å². The number of pyridine rings is 1. The number of nitrogens with zero attached hydrogens (tertiary/aromatic N) is 2. The minimum atomic E-state index is -0.657. The number of benzene rings is 2. The van der Waals surface area contributed by atoms with Crippen LogP contribution in [0.2, 0.25) is 5.15 Å². The number of nitrogens with two attached hydrogens (primary N) is 1. The van der Waals surface area contributed by atoms with E-state index in [1.54, 1.807) is 18.3 Å². The van der Waals surface area contributed by atoms with Crippen molar-refractivity contribution in [1.29, 1.82) is 5.41 Å². The molecule has 0 aliphatic carbocycles. The lowest BCUT2D eigenvalue weighted by Gasteiger charge is -2.15. The number of rotatable bonds is 8. The summed E-state index contributed by atoms with van der Waals surface area (Å²) in [6, 6.07) is 14.6. The highest BCUT2D eigenvalue weighted by Gasteiger charge is 2.14. The first kappa shape index (κ1) is 24.9. The number of hydrogen-bond acceptors (Lipinski definition) is 8. The first-order valence-electron chi connectivity index (χ1n) is 10.8. The Morgan fingerprint density at radius 1 is 1.19 bits per heavy atom. The number of halogens is 1. The fourth-order valence-electron chi connectivity index (χ4n) is 3.40. The summed E-state index contributed by atoms with van der Waals surface area (Å²) in [7, 11) is 0. The molecular formula is C26H23ClN6O2S. The summed E-state index contributed by atoms with van der Waals surface area (Å²) in [5.41, 5.74) is 11.5. The molecule has 4 rings (SSSR count). The van der Waals surface area contributed by atoms with E-state index in [0.29, 0.717) is 45.1 Å². The van der Waals surface area contributed by atoms with Crippen LogP contribution in [0.25, 0.3) is 16.8 Å². The van der Waals surface area contributed by atoms with Crippen LogP contribution in [0, 0.1) is 12.3 Å². The van der Waals surface area contributed by atoms with E-state index in [0.717, 1.165) is 10.6 Å². The van der Waals surface area contributed by atoms with Gasteiger partial charge in [-0.05, 0) is 36.2 Å². The quantitative estimate of drug-likeness (QED) is 0.118. The van der Waals surface area contributed by atoms with Crippen LogP contribution >= 0.6 is 22.9 Å². The van der Waals surface area contributed by atoms with E-state index in [4.69, 9.17) is 27.5 Å². The molecule has 5 N–H and O–H groups in total. The second-order valence-electron chi connectivity index (χ2n) is 7.78. The van der Waals surface area contributed by atoms with E-state index < -0.39 is 6.09 Å². The number of nitrogen functional groups attached to an aromatic ring is 1. The van der Waals surface area contributed by atoms with E-state index in [2.05, 4.69) is 27.2 Å². The maximum atomic E-state index is 12.3. The van der Waals surface area contributed by atoms with Crippen molar-refractivity contribution in [1.82, 2.24) is 9.97 Å². The number of nitrogens with one attached hydrogen (secondary N) is 3. The highest BCUT2D eigenvalue weighted by Crippen LogP contribution is 2.33. The minimum Gasteiger partial charge on any atom is -0.444 e. The molecule has 2 heterocycles. The van der Waals surface area contributed by atoms with Gasteiger partial charge in [-0.3, -0.25) is 5.32 Å². The third-order valence-corrected chi connectivity index (χ3v) is 6.27. The van der Waals surface area contributed by atoms with Crippen LogP contribution in [0.15, 0.2) is 66.7 Å². The average Bonchev–Trinajstić information content (AvgIpc) is 3.31. The number of hydrogen-bond donors (Lipinski definition) is 4. The summed E-state index contributed by atoms with van der Waals surface area (Å²) >= 11 is 7.75. The van der Waals surface area contributed by atoms with E-state index in [9.17, 15) is 4.79 Å². The molecule has 0 unspecified atom stereocenters. The Balaban J connectivity index is 1.57. The van der Waals surface area contributed by atoms with Gasteiger partial charge in [-0.1, -0.05) is 48.5 Å². The molecule has 2 aromatic heterocycles. The molecule has 182 valence electrons. The normalized spacial score (nSPS) is 10.5. The zero-order valence-corrected chi connectivity index (χ0v) is 20.9. The molecule has 4 aromatic rings. The predicted octanol–water partition coefficient (Wildman–Crippen LogP) is 6.58. The fraction of sp³-hybridized carbons (Fsp3) is 0.0769. The molecule has 0 atom stereocenters. The van der Waals surface area contributed by atoms with E-state index in [1.807, 2.05) is 48.7 Å². The number of aryl methyl sites for hydroxylation is 1. The molecule has 36 heavy (non-hydrogen) atoms. The van der Waals surface area contributed by atoms with Crippen LogP contribution in [0.3, 0.4) is 0 Å². The molecule has 0 radical (unpaired) electrons. The van der Waals surface area contributed by atoms with Gasteiger partial charge >= 0.3 is 6.09 Å². The minimum absolute atomic E-state index is 0.116. The van der Waals surface area contributed by atoms with Crippen molar-refractivity contribution in [2.75, 3.05) is 16.4 Å². The molecule has 0 saturated carbocycles. The van der Waals surface area contributed by atoms with E-state index >= 15 is 0 Å². The van der Waals surface area contributed by atoms with Gasteiger partial charge in [-0.25, -0.2) is 14.8 Å². The van der Waals surface area contributed by atoms with Crippen molar-refractivity contribution >= 4 is 58.0 Å². The third-order valence-electron chi connectivity index (χ3n) is 5.19. The number of ether oxygens (including phenoxy) is 1. The number of amides is 1. The van der Waals surface area contributed by atoms with E-state index in [-0.39, 0.29) is 11.8 Å². The Morgan fingerprint density at radius 3 is 2.64 bits per heavy atom. The second kappa shape index (κ2) is 11.0. The molecule has 10 heteroatoms.